The van der Waals surface area contributed by atoms with Gasteiger partial charge in [0.1, 0.15) is 17.5 Å². The van der Waals surface area contributed by atoms with Gasteiger partial charge in [-0.15, -0.1) is 0 Å². The van der Waals surface area contributed by atoms with Crippen molar-refractivity contribution < 1.29 is 17.6 Å². The highest BCUT2D eigenvalue weighted by molar-refractivity contribution is 5.69. The van der Waals surface area contributed by atoms with E-state index in [4.69, 9.17) is 15.7 Å². The second-order valence-corrected chi connectivity index (χ2v) is 9.27. The van der Waals surface area contributed by atoms with Crippen molar-refractivity contribution in [1.29, 1.82) is 0 Å². The molecule has 3 aromatic heterocycles. The molecule has 8 nitrogen and oxygen atoms in total. The number of nitrogens with zero attached hydrogens (tertiary/aromatic N) is 7. The maximum Gasteiger partial charge on any atom is 0.419 e. The van der Waals surface area contributed by atoms with Crippen LogP contribution in [-0.2, 0) is 6.18 Å². The Morgan fingerprint density at radius 2 is 1.66 bits per heavy atom. The molecule has 0 spiro atoms. The van der Waals surface area contributed by atoms with Gasteiger partial charge in [-0.1, -0.05) is 0 Å². The van der Waals surface area contributed by atoms with E-state index in [1.54, 1.807) is 23.2 Å². The predicted molar refractivity (Wildman–Crippen MR) is 137 cm³/mol. The molecule has 0 unspecified atom stereocenters. The number of alkyl halides is 3. The average molecular weight is 527 g/mol. The third-order valence-electron chi connectivity index (χ3n) is 6.42. The Hall–Kier alpha value is -4.22. The summed E-state index contributed by atoms with van der Waals surface area (Å²) >= 11 is 0. The molecular formula is C26H26F4N8. The number of imidazole rings is 1. The highest BCUT2D eigenvalue weighted by atomic mass is 19.4. The van der Waals surface area contributed by atoms with Crippen molar-refractivity contribution >= 4 is 17.3 Å². The Morgan fingerprint density at radius 3 is 2.34 bits per heavy atom. The lowest BCUT2D eigenvalue weighted by molar-refractivity contribution is -0.137. The molecule has 1 aliphatic rings. The number of nitrogens with two attached hydrogens (primary N) is 1. The van der Waals surface area contributed by atoms with Gasteiger partial charge < -0.3 is 20.1 Å². The van der Waals surface area contributed by atoms with Crippen molar-refractivity contribution in [3.63, 3.8) is 0 Å². The van der Waals surface area contributed by atoms with Crippen LogP contribution in [0.15, 0.2) is 55.0 Å². The summed E-state index contributed by atoms with van der Waals surface area (Å²) in [6.45, 7) is 5.49. The summed E-state index contributed by atoms with van der Waals surface area (Å²) in [6.07, 6.45) is 0.387. The molecule has 0 bridgehead atoms. The van der Waals surface area contributed by atoms with Crippen LogP contribution < -0.4 is 15.5 Å². The molecule has 12 heteroatoms. The first-order chi connectivity index (χ1) is 18.1. The lowest BCUT2D eigenvalue weighted by Crippen LogP contribution is -2.47. The minimum Gasteiger partial charge on any atom is -0.396 e. The fraction of sp³-hybridized carbons (Fsp3) is 0.308. The number of benzene rings is 1. The Kier molecular flexibility index (Phi) is 6.64. The smallest absolute Gasteiger partial charge is 0.396 e. The van der Waals surface area contributed by atoms with Gasteiger partial charge in [-0.25, -0.2) is 24.3 Å². The summed E-state index contributed by atoms with van der Waals surface area (Å²) < 4.78 is 56.4. The molecule has 0 radical (unpaired) electrons. The number of pyridine rings is 1. The highest BCUT2D eigenvalue weighted by Crippen LogP contribution is 2.36. The van der Waals surface area contributed by atoms with E-state index in [0.29, 0.717) is 54.9 Å². The molecule has 5 rings (SSSR count). The van der Waals surface area contributed by atoms with Crippen molar-refractivity contribution in [3.8, 4) is 22.9 Å². The van der Waals surface area contributed by atoms with E-state index in [-0.39, 0.29) is 17.5 Å². The van der Waals surface area contributed by atoms with E-state index >= 15 is 0 Å². The first-order valence-electron chi connectivity index (χ1n) is 12.1. The molecule has 198 valence electrons. The molecule has 0 saturated carbocycles. The van der Waals surface area contributed by atoms with Crippen LogP contribution in [0.5, 0.6) is 0 Å². The van der Waals surface area contributed by atoms with Gasteiger partial charge in [0, 0.05) is 62.4 Å². The third-order valence-corrected chi connectivity index (χ3v) is 6.42. The number of hydrogen-bond acceptors (Lipinski definition) is 7. The topological polar surface area (TPSA) is 89.0 Å². The number of aromatic nitrogens is 5. The zero-order chi connectivity index (χ0) is 27.0. The number of anilines is 3. The summed E-state index contributed by atoms with van der Waals surface area (Å²) in [5.41, 5.74) is 6.19. The Balaban J connectivity index is 1.49. The molecule has 1 fully saturated rings. The van der Waals surface area contributed by atoms with Crippen LogP contribution in [0.25, 0.3) is 22.9 Å². The van der Waals surface area contributed by atoms with Crippen LogP contribution >= 0.6 is 0 Å². The Bertz CT molecular complexity index is 1440. The van der Waals surface area contributed by atoms with Gasteiger partial charge in [-0.05, 0) is 44.2 Å². The van der Waals surface area contributed by atoms with Crippen LogP contribution in [0.4, 0.5) is 34.9 Å². The SMILES string of the molecule is CC(C)n1ccnc1-c1nc(-c2ccc(F)c(N)c2)cc(N2CCN(c3ncccc3C(F)(F)F)CC2)n1. The molecule has 38 heavy (non-hydrogen) atoms. The van der Waals surface area contributed by atoms with E-state index in [1.165, 1.54) is 24.4 Å². The fourth-order valence-corrected chi connectivity index (χ4v) is 4.47. The first-order valence-corrected chi connectivity index (χ1v) is 12.1. The number of halogens is 4. The summed E-state index contributed by atoms with van der Waals surface area (Å²) in [5, 5.41) is 0. The Labute approximate surface area is 216 Å². The van der Waals surface area contributed by atoms with Crippen molar-refractivity contribution in [2.75, 3.05) is 41.7 Å². The molecule has 2 N–H and O–H groups in total. The second-order valence-electron chi connectivity index (χ2n) is 9.27. The summed E-state index contributed by atoms with van der Waals surface area (Å²) in [6, 6.07) is 8.60. The monoisotopic (exact) mass is 526 g/mol. The number of nitrogen functional groups attached to an aromatic ring is 1. The van der Waals surface area contributed by atoms with Gasteiger partial charge in [0.15, 0.2) is 11.6 Å². The van der Waals surface area contributed by atoms with Crippen molar-refractivity contribution in [2.24, 2.45) is 0 Å². The van der Waals surface area contributed by atoms with Crippen LogP contribution in [0, 0.1) is 5.82 Å². The first kappa shape index (κ1) is 25.4. The quantitative estimate of drug-likeness (QED) is 0.288. The fourth-order valence-electron chi connectivity index (χ4n) is 4.47. The lowest BCUT2D eigenvalue weighted by Gasteiger charge is -2.37. The van der Waals surface area contributed by atoms with Crippen LogP contribution in [0.2, 0.25) is 0 Å². The van der Waals surface area contributed by atoms with Crippen molar-refractivity contribution in [1.82, 2.24) is 24.5 Å². The van der Waals surface area contributed by atoms with Crippen molar-refractivity contribution in [3.05, 3.63) is 66.4 Å². The van der Waals surface area contributed by atoms with Crippen molar-refractivity contribution in [2.45, 2.75) is 26.1 Å². The predicted octanol–water partition coefficient (Wildman–Crippen LogP) is 5.05. The largest absolute Gasteiger partial charge is 0.419 e. The summed E-state index contributed by atoms with van der Waals surface area (Å²) in [4.78, 5) is 21.6. The van der Waals surface area contributed by atoms with E-state index < -0.39 is 17.6 Å². The summed E-state index contributed by atoms with van der Waals surface area (Å²) in [5.74, 6) is 0.931. The van der Waals surface area contributed by atoms with E-state index in [0.717, 1.165) is 6.07 Å². The zero-order valence-electron chi connectivity index (χ0n) is 20.8. The molecule has 4 aromatic rings. The third kappa shape index (κ3) is 4.98. The van der Waals surface area contributed by atoms with Crippen LogP contribution in [0.1, 0.15) is 25.5 Å². The maximum absolute atomic E-state index is 13.8. The van der Waals surface area contributed by atoms with Gasteiger partial charge in [-0.3, -0.25) is 0 Å². The Morgan fingerprint density at radius 1 is 0.921 bits per heavy atom. The second kappa shape index (κ2) is 9.92. The molecule has 0 amide bonds. The van der Waals surface area contributed by atoms with Gasteiger partial charge in [0.2, 0.25) is 0 Å². The maximum atomic E-state index is 13.8. The van der Waals surface area contributed by atoms with Crippen LogP contribution in [-0.4, -0.2) is 50.7 Å². The standard InChI is InChI=1S/C26H26F4N8/c1-16(2)38-9-8-33-25(38)23-34-21(17-5-6-19(27)20(31)14-17)15-22(35-23)36-10-12-37(13-11-36)24-18(26(28,29)30)4-3-7-32-24/h3-9,14-16H,10-13,31H2,1-2H3. The number of hydrogen-bond donors (Lipinski definition) is 1. The minimum absolute atomic E-state index is 0.00247. The van der Waals surface area contributed by atoms with Gasteiger partial charge in [-0.2, -0.15) is 13.2 Å². The normalized spacial score (nSPS) is 14.4. The molecular weight excluding hydrogens is 500 g/mol. The summed E-state index contributed by atoms with van der Waals surface area (Å²) in [7, 11) is 0. The van der Waals surface area contributed by atoms with Crippen LogP contribution in [0.3, 0.4) is 0 Å². The molecule has 0 atom stereocenters. The minimum atomic E-state index is -4.49. The molecule has 1 aliphatic heterocycles. The zero-order valence-corrected chi connectivity index (χ0v) is 20.8. The molecule has 1 aromatic carbocycles. The molecule has 4 heterocycles. The molecule has 1 saturated heterocycles. The number of piperazine rings is 1. The number of rotatable bonds is 5. The molecule has 0 aliphatic carbocycles. The lowest BCUT2D eigenvalue weighted by atomic mass is 10.1. The highest BCUT2D eigenvalue weighted by Gasteiger charge is 2.36. The van der Waals surface area contributed by atoms with Gasteiger partial charge >= 0.3 is 6.18 Å². The van der Waals surface area contributed by atoms with E-state index in [2.05, 4.69) is 9.97 Å². The van der Waals surface area contributed by atoms with Gasteiger partial charge in [0.25, 0.3) is 0 Å². The average Bonchev–Trinajstić information content (AvgIpc) is 3.40. The van der Waals surface area contributed by atoms with E-state index in [9.17, 15) is 17.6 Å². The van der Waals surface area contributed by atoms with Gasteiger partial charge in [0.05, 0.1) is 16.9 Å². The van der Waals surface area contributed by atoms with E-state index in [1.807, 2.05) is 29.5 Å².